The highest BCUT2D eigenvalue weighted by Gasteiger charge is 2.36. The second-order valence-corrected chi connectivity index (χ2v) is 5.16. The normalized spacial score (nSPS) is 22.8. The molecule has 20 heavy (non-hydrogen) atoms. The van der Waals surface area contributed by atoms with E-state index >= 15 is 0 Å². The Morgan fingerprint density at radius 3 is 2.80 bits per heavy atom. The van der Waals surface area contributed by atoms with Crippen LogP contribution in [0.25, 0.3) is 0 Å². The molecule has 1 aromatic rings. The number of aliphatic hydroxyl groups excluding tert-OH is 1. The Labute approximate surface area is 123 Å². The van der Waals surface area contributed by atoms with E-state index in [0.717, 1.165) is 5.75 Å². The highest BCUT2D eigenvalue weighted by atomic mass is 35.5. The van der Waals surface area contributed by atoms with Gasteiger partial charge in [-0.3, -0.25) is 9.69 Å². The number of methoxy groups -OCH3 is 1. The van der Waals surface area contributed by atoms with Crippen LogP contribution in [-0.2, 0) is 9.53 Å². The number of likely N-dealkylation sites (tertiary alicyclic amines) is 1. The molecule has 110 valence electrons. The van der Waals surface area contributed by atoms with Crippen molar-refractivity contribution in [2.24, 2.45) is 0 Å². The van der Waals surface area contributed by atoms with E-state index in [1.165, 1.54) is 7.11 Å². The number of nitrogens with zero attached hydrogens (tertiary/aromatic N) is 1. The lowest BCUT2D eigenvalue weighted by Gasteiger charge is -2.21. The second-order valence-electron chi connectivity index (χ2n) is 4.73. The first kappa shape index (κ1) is 15.1. The van der Waals surface area contributed by atoms with Gasteiger partial charge in [0.15, 0.2) is 0 Å². The van der Waals surface area contributed by atoms with Gasteiger partial charge < -0.3 is 14.6 Å². The molecule has 1 N–H and O–H groups in total. The first-order chi connectivity index (χ1) is 9.60. The van der Waals surface area contributed by atoms with Crippen molar-refractivity contribution in [2.45, 2.75) is 18.6 Å². The fraction of sp³-hybridized carbons (Fsp3) is 0.500. The Bertz CT molecular complexity index is 451. The number of hydrogen-bond donors (Lipinski definition) is 1. The van der Waals surface area contributed by atoms with Crippen LogP contribution in [0.2, 0.25) is 5.02 Å². The van der Waals surface area contributed by atoms with E-state index in [9.17, 15) is 9.90 Å². The average Bonchev–Trinajstić information content (AvgIpc) is 2.81. The van der Waals surface area contributed by atoms with E-state index in [-0.39, 0.29) is 12.0 Å². The van der Waals surface area contributed by atoms with Crippen LogP contribution >= 0.6 is 11.6 Å². The van der Waals surface area contributed by atoms with Gasteiger partial charge in [0, 0.05) is 24.5 Å². The second kappa shape index (κ2) is 6.92. The maximum atomic E-state index is 11.6. The highest BCUT2D eigenvalue weighted by molar-refractivity contribution is 6.30. The van der Waals surface area contributed by atoms with Gasteiger partial charge in [0.2, 0.25) is 0 Å². The lowest BCUT2D eigenvalue weighted by molar-refractivity contribution is -0.146. The summed E-state index contributed by atoms with van der Waals surface area (Å²) in [5.41, 5.74) is 0. The molecule has 2 rings (SSSR count). The van der Waals surface area contributed by atoms with Crippen molar-refractivity contribution in [3.63, 3.8) is 0 Å². The summed E-state index contributed by atoms with van der Waals surface area (Å²) in [6.07, 6.45) is -0.0807. The summed E-state index contributed by atoms with van der Waals surface area (Å²) in [6.45, 7) is 1.45. The third kappa shape index (κ3) is 3.85. The minimum atomic E-state index is -0.491. The summed E-state index contributed by atoms with van der Waals surface area (Å²) in [4.78, 5) is 13.5. The van der Waals surface area contributed by atoms with Crippen LogP contribution in [0, 0.1) is 0 Å². The lowest BCUT2D eigenvalue weighted by Crippen LogP contribution is -2.39. The van der Waals surface area contributed by atoms with E-state index in [1.54, 1.807) is 24.3 Å². The molecule has 1 fully saturated rings. The first-order valence-electron chi connectivity index (χ1n) is 6.48. The van der Waals surface area contributed by atoms with Gasteiger partial charge in [-0.15, -0.1) is 0 Å². The van der Waals surface area contributed by atoms with Crippen molar-refractivity contribution >= 4 is 17.6 Å². The zero-order chi connectivity index (χ0) is 14.5. The molecule has 1 saturated heterocycles. The number of carbonyl (C=O) groups excluding carboxylic acids is 1. The van der Waals surface area contributed by atoms with E-state index in [1.807, 2.05) is 4.90 Å². The highest BCUT2D eigenvalue weighted by Crippen LogP contribution is 2.19. The minimum Gasteiger partial charge on any atom is -0.492 e. The molecule has 0 spiro atoms. The van der Waals surface area contributed by atoms with Crippen LogP contribution in [0.1, 0.15) is 6.42 Å². The molecule has 0 bridgehead atoms. The smallest absolute Gasteiger partial charge is 0.323 e. The number of hydrogen-bond acceptors (Lipinski definition) is 5. The summed E-state index contributed by atoms with van der Waals surface area (Å²) in [5, 5.41) is 10.3. The number of benzene rings is 1. The molecular weight excluding hydrogens is 282 g/mol. The van der Waals surface area contributed by atoms with Crippen LogP contribution in [0.4, 0.5) is 0 Å². The van der Waals surface area contributed by atoms with E-state index in [0.29, 0.717) is 31.1 Å². The Morgan fingerprint density at radius 1 is 1.45 bits per heavy atom. The topological polar surface area (TPSA) is 59.0 Å². The molecule has 6 heteroatoms. The molecule has 0 saturated carbocycles. The summed E-state index contributed by atoms with van der Waals surface area (Å²) in [5.74, 6) is 0.414. The van der Waals surface area contributed by atoms with Crippen molar-refractivity contribution in [3.05, 3.63) is 29.3 Å². The van der Waals surface area contributed by atoms with Gasteiger partial charge >= 0.3 is 5.97 Å². The zero-order valence-corrected chi connectivity index (χ0v) is 12.0. The van der Waals surface area contributed by atoms with Crippen molar-refractivity contribution in [1.82, 2.24) is 4.90 Å². The van der Waals surface area contributed by atoms with Gasteiger partial charge in [-0.05, 0) is 24.3 Å². The van der Waals surface area contributed by atoms with Crippen LogP contribution in [0.3, 0.4) is 0 Å². The van der Waals surface area contributed by atoms with Gasteiger partial charge in [0.25, 0.3) is 0 Å². The quantitative estimate of drug-likeness (QED) is 0.831. The predicted octanol–water partition coefficient (Wildman–Crippen LogP) is 1.33. The molecular formula is C14H18ClNO4. The molecule has 0 aromatic heterocycles. The lowest BCUT2D eigenvalue weighted by atomic mass is 10.2. The third-order valence-corrected chi connectivity index (χ3v) is 3.57. The Hall–Kier alpha value is -1.30. The summed E-state index contributed by atoms with van der Waals surface area (Å²) >= 11 is 5.79. The Kier molecular flexibility index (Phi) is 5.23. The van der Waals surface area contributed by atoms with Crippen molar-refractivity contribution < 1.29 is 19.4 Å². The van der Waals surface area contributed by atoms with Gasteiger partial charge in [0.05, 0.1) is 13.2 Å². The van der Waals surface area contributed by atoms with Gasteiger partial charge in [-0.25, -0.2) is 0 Å². The molecule has 0 radical (unpaired) electrons. The van der Waals surface area contributed by atoms with Crippen molar-refractivity contribution in [3.8, 4) is 5.75 Å². The summed E-state index contributed by atoms with van der Waals surface area (Å²) < 4.78 is 10.3. The summed E-state index contributed by atoms with van der Waals surface area (Å²) in [7, 11) is 1.36. The standard InChI is InChI=1S/C14H18ClNO4/c1-19-14(18)13-8-11(17)9-16(13)6-7-20-12-4-2-10(15)3-5-12/h2-5,11,13,17H,6-9H2,1H3/t11-,13-/m0/s1. The van der Waals surface area contributed by atoms with Crippen molar-refractivity contribution in [2.75, 3.05) is 26.8 Å². The monoisotopic (exact) mass is 299 g/mol. The van der Waals surface area contributed by atoms with Gasteiger partial charge in [0.1, 0.15) is 18.4 Å². The maximum Gasteiger partial charge on any atom is 0.323 e. The third-order valence-electron chi connectivity index (χ3n) is 3.32. The molecule has 1 heterocycles. The van der Waals surface area contributed by atoms with Gasteiger partial charge in [-0.1, -0.05) is 11.6 Å². The fourth-order valence-corrected chi connectivity index (χ4v) is 2.45. The van der Waals surface area contributed by atoms with Crippen LogP contribution in [0.15, 0.2) is 24.3 Å². The predicted molar refractivity (Wildman–Crippen MR) is 74.9 cm³/mol. The number of carbonyl (C=O) groups is 1. The van der Waals surface area contributed by atoms with Crippen LogP contribution < -0.4 is 4.74 Å². The SMILES string of the molecule is COC(=O)[C@@H]1C[C@H](O)CN1CCOc1ccc(Cl)cc1. The van der Waals surface area contributed by atoms with Gasteiger partial charge in [-0.2, -0.15) is 0 Å². The molecule has 0 amide bonds. The molecule has 0 unspecified atom stereocenters. The van der Waals surface area contributed by atoms with E-state index in [2.05, 4.69) is 0 Å². The van der Waals surface area contributed by atoms with Crippen LogP contribution in [0.5, 0.6) is 5.75 Å². The molecule has 0 aliphatic carbocycles. The zero-order valence-electron chi connectivity index (χ0n) is 11.3. The van der Waals surface area contributed by atoms with E-state index < -0.39 is 6.10 Å². The minimum absolute atomic E-state index is 0.312. The van der Waals surface area contributed by atoms with E-state index in [4.69, 9.17) is 21.1 Å². The molecule has 1 aromatic carbocycles. The van der Waals surface area contributed by atoms with Crippen LogP contribution in [-0.4, -0.2) is 54.9 Å². The number of ether oxygens (including phenoxy) is 2. The number of esters is 1. The number of halogens is 1. The maximum absolute atomic E-state index is 11.6. The molecule has 1 aliphatic heterocycles. The number of aliphatic hydroxyl groups is 1. The molecule has 5 nitrogen and oxygen atoms in total. The number of rotatable bonds is 5. The summed E-state index contributed by atoms with van der Waals surface area (Å²) in [6, 6.07) is 6.71. The average molecular weight is 300 g/mol. The Morgan fingerprint density at radius 2 is 2.15 bits per heavy atom. The first-order valence-corrected chi connectivity index (χ1v) is 6.86. The molecule has 2 atom stereocenters. The number of β-amino-alcohol motifs (C(OH)–C–C–N with tert-alkyl or cyclic N) is 1. The largest absolute Gasteiger partial charge is 0.492 e. The van der Waals surface area contributed by atoms with Crippen molar-refractivity contribution in [1.29, 1.82) is 0 Å². The molecule has 1 aliphatic rings. The Balaban J connectivity index is 1.83. The fourth-order valence-electron chi connectivity index (χ4n) is 2.32.